The number of para-hydroxylation sites is 1. The number of anilines is 2. The number of carbonyl (C=O) groups is 2. The van der Waals surface area contributed by atoms with Crippen molar-refractivity contribution in [2.45, 2.75) is 44.4 Å². The summed E-state index contributed by atoms with van der Waals surface area (Å²) < 4.78 is 0. The first-order valence-electron chi connectivity index (χ1n) is 15.3. The molecule has 44 heavy (non-hydrogen) atoms. The van der Waals surface area contributed by atoms with Crippen LogP contribution in [0.3, 0.4) is 0 Å². The summed E-state index contributed by atoms with van der Waals surface area (Å²) in [6.45, 7) is 5.37. The smallest absolute Gasteiger partial charge is 0.245 e. The number of benzene rings is 3. The lowest BCUT2D eigenvalue weighted by molar-refractivity contribution is -0.137. The van der Waals surface area contributed by atoms with E-state index >= 15 is 0 Å². The molecule has 0 spiro atoms. The Morgan fingerprint density at radius 2 is 1.66 bits per heavy atom. The van der Waals surface area contributed by atoms with Gasteiger partial charge in [0.1, 0.15) is 6.04 Å². The van der Waals surface area contributed by atoms with Crippen LogP contribution in [-0.4, -0.2) is 60.0 Å². The summed E-state index contributed by atoms with van der Waals surface area (Å²) in [5.74, 6) is -0.205. The van der Waals surface area contributed by atoms with Crippen molar-refractivity contribution >= 4 is 34.8 Å². The van der Waals surface area contributed by atoms with E-state index in [1.54, 1.807) is 0 Å². The topological polar surface area (TPSA) is 92.5 Å². The zero-order valence-corrected chi connectivity index (χ0v) is 25.7. The van der Waals surface area contributed by atoms with Gasteiger partial charge in [0, 0.05) is 62.2 Å². The lowest BCUT2D eigenvalue weighted by Crippen LogP contribution is -2.58. The van der Waals surface area contributed by atoms with E-state index in [2.05, 4.69) is 69.2 Å². The molecule has 6 rings (SSSR count). The number of fused-ring (bicyclic) bond motifs is 1. The van der Waals surface area contributed by atoms with Gasteiger partial charge in [-0.05, 0) is 59.9 Å². The third kappa shape index (κ3) is 6.93. The van der Waals surface area contributed by atoms with Gasteiger partial charge in [0.05, 0.1) is 17.8 Å². The third-order valence-corrected chi connectivity index (χ3v) is 8.93. The SMILES string of the molecule is CC(Nc1cc[nH]c1)c1ccccc1N1CCN(C(=O)[C@@H](Cc2ccc(Cl)cc2)NC(=O)[C@H]2Cc3ccccc3CN2)CC1. The fourth-order valence-electron chi connectivity index (χ4n) is 6.24. The number of piperazine rings is 1. The average Bonchev–Trinajstić information content (AvgIpc) is 3.58. The number of nitrogens with zero attached hydrogens (tertiary/aromatic N) is 2. The normalized spacial score (nSPS) is 17.8. The minimum absolute atomic E-state index is 0.0556. The number of halogens is 1. The highest BCUT2D eigenvalue weighted by molar-refractivity contribution is 6.30. The van der Waals surface area contributed by atoms with Crippen LogP contribution in [-0.2, 0) is 29.0 Å². The first-order chi connectivity index (χ1) is 21.4. The first-order valence-corrected chi connectivity index (χ1v) is 15.7. The van der Waals surface area contributed by atoms with Gasteiger partial charge in [0.25, 0.3) is 0 Å². The maximum Gasteiger partial charge on any atom is 0.245 e. The molecule has 0 radical (unpaired) electrons. The predicted molar refractivity (Wildman–Crippen MR) is 176 cm³/mol. The molecule has 9 heteroatoms. The fraction of sp³-hybridized carbons (Fsp3) is 0.314. The molecule has 3 aromatic carbocycles. The van der Waals surface area contributed by atoms with Gasteiger partial charge in [0.15, 0.2) is 0 Å². The minimum Gasteiger partial charge on any atom is -0.377 e. The highest BCUT2D eigenvalue weighted by Gasteiger charge is 2.32. The zero-order chi connectivity index (χ0) is 30.5. The Kier molecular flexibility index (Phi) is 9.19. The van der Waals surface area contributed by atoms with Crippen LogP contribution in [0.2, 0.25) is 5.02 Å². The van der Waals surface area contributed by atoms with Crippen LogP contribution in [0.4, 0.5) is 11.4 Å². The third-order valence-electron chi connectivity index (χ3n) is 8.68. The van der Waals surface area contributed by atoms with Gasteiger partial charge in [0.2, 0.25) is 11.8 Å². The summed E-state index contributed by atoms with van der Waals surface area (Å²) in [6.07, 6.45) is 4.85. The van der Waals surface area contributed by atoms with Crippen LogP contribution in [0.1, 0.15) is 35.2 Å². The molecule has 1 saturated heterocycles. The van der Waals surface area contributed by atoms with Crippen molar-refractivity contribution in [1.29, 1.82) is 0 Å². The van der Waals surface area contributed by atoms with E-state index in [4.69, 9.17) is 11.6 Å². The standard InChI is InChI=1S/C35H39ClN6O2/c1-24(39-29-14-15-37-23-29)30-8-4-5-9-33(30)41-16-18-42(19-17-41)35(44)32(20-25-10-12-28(36)13-11-25)40-34(43)31-21-26-6-2-3-7-27(26)22-38-31/h2-15,23-24,31-32,37-39H,16-22H2,1H3,(H,40,43)/t24?,31-,32-/m1/s1. The molecule has 1 fully saturated rings. The van der Waals surface area contributed by atoms with Crippen LogP contribution < -0.4 is 20.9 Å². The summed E-state index contributed by atoms with van der Waals surface area (Å²) in [6, 6.07) is 25.2. The van der Waals surface area contributed by atoms with Gasteiger partial charge < -0.3 is 30.7 Å². The molecule has 0 bridgehead atoms. The second-order valence-electron chi connectivity index (χ2n) is 11.6. The van der Waals surface area contributed by atoms with Crippen molar-refractivity contribution in [2.75, 3.05) is 36.4 Å². The van der Waals surface area contributed by atoms with Crippen molar-refractivity contribution in [3.8, 4) is 0 Å². The number of rotatable bonds is 9. The Morgan fingerprint density at radius 1 is 0.932 bits per heavy atom. The highest BCUT2D eigenvalue weighted by Crippen LogP contribution is 2.29. The molecule has 228 valence electrons. The van der Waals surface area contributed by atoms with Crippen LogP contribution in [0.5, 0.6) is 0 Å². The highest BCUT2D eigenvalue weighted by atomic mass is 35.5. The Bertz CT molecular complexity index is 1570. The molecule has 1 unspecified atom stereocenters. The first kappa shape index (κ1) is 29.8. The van der Waals surface area contributed by atoms with Crippen molar-refractivity contribution in [1.82, 2.24) is 20.5 Å². The number of aromatic nitrogens is 1. The van der Waals surface area contributed by atoms with Gasteiger partial charge in [-0.15, -0.1) is 0 Å². The molecule has 2 amide bonds. The number of aromatic amines is 1. The van der Waals surface area contributed by atoms with E-state index in [0.717, 1.165) is 11.3 Å². The Morgan fingerprint density at radius 3 is 2.41 bits per heavy atom. The zero-order valence-electron chi connectivity index (χ0n) is 24.9. The van der Waals surface area contributed by atoms with Gasteiger partial charge >= 0.3 is 0 Å². The number of hydrogen-bond donors (Lipinski definition) is 4. The van der Waals surface area contributed by atoms with Crippen molar-refractivity contribution < 1.29 is 9.59 Å². The quantitative estimate of drug-likeness (QED) is 0.216. The fourth-order valence-corrected chi connectivity index (χ4v) is 6.37. The van der Waals surface area contributed by atoms with Crippen molar-refractivity contribution in [2.24, 2.45) is 0 Å². The number of hydrogen-bond acceptors (Lipinski definition) is 5. The van der Waals surface area contributed by atoms with Gasteiger partial charge in [-0.25, -0.2) is 0 Å². The van der Waals surface area contributed by atoms with E-state index in [1.807, 2.05) is 59.8 Å². The lowest BCUT2D eigenvalue weighted by Gasteiger charge is -2.39. The summed E-state index contributed by atoms with van der Waals surface area (Å²) >= 11 is 6.13. The average molecular weight is 611 g/mol. The summed E-state index contributed by atoms with van der Waals surface area (Å²) in [5, 5.41) is 10.7. The van der Waals surface area contributed by atoms with Crippen molar-refractivity contribution in [3.05, 3.63) is 119 Å². The number of carbonyl (C=O) groups excluding carboxylic acids is 2. The monoisotopic (exact) mass is 610 g/mol. The largest absolute Gasteiger partial charge is 0.377 e. The number of nitrogens with one attached hydrogen (secondary N) is 4. The molecule has 0 saturated carbocycles. The second kappa shape index (κ2) is 13.6. The maximum atomic E-state index is 14.0. The summed E-state index contributed by atoms with van der Waals surface area (Å²) in [5.41, 5.74) is 6.75. The molecule has 3 atom stereocenters. The number of amides is 2. The van der Waals surface area contributed by atoms with Gasteiger partial charge in [-0.3, -0.25) is 9.59 Å². The Hall–Kier alpha value is -4.27. The molecule has 2 aliphatic heterocycles. The molecule has 4 aromatic rings. The van der Waals surface area contributed by atoms with Crippen LogP contribution in [0.15, 0.2) is 91.3 Å². The Labute approximate surface area is 263 Å². The molecule has 1 aromatic heterocycles. The predicted octanol–water partition coefficient (Wildman–Crippen LogP) is 4.93. The second-order valence-corrected chi connectivity index (χ2v) is 12.1. The molecule has 2 aliphatic rings. The van der Waals surface area contributed by atoms with E-state index in [1.165, 1.54) is 22.4 Å². The molecule has 3 heterocycles. The van der Waals surface area contributed by atoms with Crippen LogP contribution >= 0.6 is 11.6 Å². The Balaban J connectivity index is 1.13. The van der Waals surface area contributed by atoms with Gasteiger partial charge in [-0.2, -0.15) is 0 Å². The van der Waals surface area contributed by atoms with E-state index in [9.17, 15) is 9.59 Å². The molecular weight excluding hydrogens is 572 g/mol. The molecular formula is C35H39ClN6O2. The van der Waals surface area contributed by atoms with Crippen LogP contribution in [0.25, 0.3) is 0 Å². The van der Waals surface area contributed by atoms with E-state index in [0.29, 0.717) is 50.6 Å². The molecule has 0 aliphatic carbocycles. The molecule has 8 nitrogen and oxygen atoms in total. The lowest BCUT2D eigenvalue weighted by atomic mass is 9.95. The molecule has 4 N–H and O–H groups in total. The number of H-pyrrole nitrogens is 1. The van der Waals surface area contributed by atoms with Gasteiger partial charge in [-0.1, -0.05) is 66.2 Å². The summed E-state index contributed by atoms with van der Waals surface area (Å²) in [4.78, 5) is 34.9. The van der Waals surface area contributed by atoms with Crippen LogP contribution in [0, 0.1) is 0 Å². The van der Waals surface area contributed by atoms with E-state index in [-0.39, 0.29) is 23.9 Å². The maximum absolute atomic E-state index is 14.0. The van der Waals surface area contributed by atoms with Crippen molar-refractivity contribution in [3.63, 3.8) is 0 Å². The van der Waals surface area contributed by atoms with E-state index < -0.39 is 6.04 Å². The minimum atomic E-state index is -0.674. The summed E-state index contributed by atoms with van der Waals surface area (Å²) in [7, 11) is 0.